The molecule has 2 aliphatic heterocycles. The van der Waals surface area contributed by atoms with Crippen molar-refractivity contribution in [2.45, 2.75) is 31.0 Å². The van der Waals surface area contributed by atoms with E-state index in [9.17, 15) is 13.2 Å². The van der Waals surface area contributed by atoms with Gasteiger partial charge in [-0.25, -0.2) is 28.3 Å². The summed E-state index contributed by atoms with van der Waals surface area (Å²) in [6, 6.07) is 5.98. The van der Waals surface area contributed by atoms with Crippen LogP contribution in [0.5, 0.6) is 0 Å². The molecule has 1 saturated heterocycles. The molecule has 10 nitrogen and oxygen atoms in total. The topological polar surface area (TPSA) is 131 Å². The van der Waals surface area contributed by atoms with Gasteiger partial charge in [-0.3, -0.25) is 0 Å². The predicted molar refractivity (Wildman–Crippen MR) is 114 cm³/mol. The lowest BCUT2D eigenvalue weighted by Gasteiger charge is -2.30. The summed E-state index contributed by atoms with van der Waals surface area (Å²) in [4.78, 5) is 24.9. The third kappa shape index (κ3) is 4.59. The van der Waals surface area contributed by atoms with Gasteiger partial charge >= 0.3 is 6.03 Å². The highest BCUT2D eigenvalue weighted by Gasteiger charge is 2.32. The molecular weight excluding hydrogens is 444 g/mol. The SMILES string of the molecule is CC(Nc1nc(Cl)nc2c1CN(C(=O)N1CCOCC1)C2)c1ccccc1S(N)(=O)=O. The van der Waals surface area contributed by atoms with E-state index >= 15 is 0 Å². The number of hydrogen-bond acceptors (Lipinski definition) is 7. The van der Waals surface area contributed by atoms with Crippen molar-refractivity contribution < 1.29 is 17.9 Å². The van der Waals surface area contributed by atoms with Crippen LogP contribution in [0.1, 0.15) is 29.8 Å². The number of primary sulfonamides is 1. The van der Waals surface area contributed by atoms with Gasteiger partial charge in [0.05, 0.1) is 42.9 Å². The van der Waals surface area contributed by atoms with Crippen molar-refractivity contribution in [1.29, 1.82) is 0 Å². The highest BCUT2D eigenvalue weighted by molar-refractivity contribution is 7.89. The lowest BCUT2D eigenvalue weighted by atomic mass is 10.1. The number of rotatable bonds is 4. The summed E-state index contributed by atoms with van der Waals surface area (Å²) < 4.78 is 29.2. The number of anilines is 1. The maximum atomic E-state index is 12.9. The van der Waals surface area contributed by atoms with Crippen molar-refractivity contribution in [3.8, 4) is 0 Å². The molecule has 2 aromatic rings. The van der Waals surface area contributed by atoms with Crippen LogP contribution in [0.4, 0.5) is 10.6 Å². The molecule has 0 spiro atoms. The van der Waals surface area contributed by atoms with Gasteiger partial charge in [0.25, 0.3) is 0 Å². The maximum absolute atomic E-state index is 12.9. The molecule has 1 fully saturated rings. The Kier molecular flexibility index (Phi) is 6.02. The number of nitrogens with two attached hydrogens (primary N) is 1. The van der Waals surface area contributed by atoms with Crippen molar-refractivity contribution in [3.63, 3.8) is 0 Å². The van der Waals surface area contributed by atoms with Crippen molar-refractivity contribution >= 4 is 33.5 Å². The number of aromatic nitrogens is 2. The average molecular weight is 467 g/mol. The summed E-state index contributed by atoms with van der Waals surface area (Å²) in [7, 11) is -3.89. The van der Waals surface area contributed by atoms with Gasteiger partial charge in [0.1, 0.15) is 5.82 Å². The van der Waals surface area contributed by atoms with Crippen LogP contribution in [-0.4, -0.2) is 60.5 Å². The Hall–Kier alpha value is -2.47. The van der Waals surface area contributed by atoms with Gasteiger partial charge in [-0.1, -0.05) is 18.2 Å². The van der Waals surface area contributed by atoms with E-state index in [1.54, 1.807) is 34.9 Å². The summed E-state index contributed by atoms with van der Waals surface area (Å²) >= 11 is 6.13. The lowest BCUT2D eigenvalue weighted by molar-refractivity contribution is 0.0429. The number of carbonyl (C=O) groups is 1. The fourth-order valence-electron chi connectivity index (χ4n) is 3.81. The summed E-state index contributed by atoms with van der Waals surface area (Å²) in [5, 5.41) is 8.64. The second-order valence-corrected chi connectivity index (χ2v) is 9.32. The normalized spacial score (nSPS) is 17.4. The zero-order valence-corrected chi connectivity index (χ0v) is 18.5. The molecule has 3 heterocycles. The molecule has 1 unspecified atom stereocenters. The molecule has 12 heteroatoms. The minimum atomic E-state index is -3.89. The zero-order chi connectivity index (χ0) is 22.2. The Labute approximate surface area is 185 Å². The number of nitrogens with one attached hydrogen (secondary N) is 1. The largest absolute Gasteiger partial charge is 0.378 e. The lowest BCUT2D eigenvalue weighted by Crippen LogP contribution is -2.46. The standard InChI is InChI=1S/C19H23ClN6O4S/c1-12(13-4-2-3-5-16(13)31(21,28)29)22-17-14-10-26(11-15(14)23-18(20)24-17)19(27)25-6-8-30-9-7-25/h2-5,12H,6-11H2,1H3,(H2,21,28,29)(H,22,23,24). The second-order valence-electron chi connectivity index (χ2n) is 7.45. The first kappa shape index (κ1) is 21.8. The molecule has 3 N–H and O–H groups in total. The summed E-state index contributed by atoms with van der Waals surface area (Å²) in [6.45, 7) is 4.59. The number of morpholine rings is 1. The summed E-state index contributed by atoms with van der Waals surface area (Å²) in [5.74, 6) is 0.462. The van der Waals surface area contributed by atoms with Gasteiger partial charge in [0.15, 0.2) is 0 Å². The zero-order valence-electron chi connectivity index (χ0n) is 16.9. The van der Waals surface area contributed by atoms with Crippen LogP contribution in [-0.2, 0) is 27.8 Å². The smallest absolute Gasteiger partial charge is 0.320 e. The van der Waals surface area contributed by atoms with Crippen molar-refractivity contribution in [2.24, 2.45) is 5.14 Å². The minimum Gasteiger partial charge on any atom is -0.378 e. The number of ether oxygens (including phenoxy) is 1. The van der Waals surface area contributed by atoms with Gasteiger partial charge in [0.2, 0.25) is 15.3 Å². The van der Waals surface area contributed by atoms with Crippen LogP contribution in [0.3, 0.4) is 0 Å². The quantitative estimate of drug-likeness (QED) is 0.656. The van der Waals surface area contributed by atoms with Crippen LogP contribution in [0.15, 0.2) is 29.2 Å². The summed E-state index contributed by atoms with van der Waals surface area (Å²) in [6.07, 6.45) is 0. The van der Waals surface area contributed by atoms with Crippen LogP contribution in [0.2, 0.25) is 5.28 Å². The molecule has 2 aliphatic rings. The molecule has 166 valence electrons. The first-order chi connectivity index (χ1) is 14.7. The van der Waals surface area contributed by atoms with E-state index in [-0.39, 0.29) is 16.2 Å². The second kappa shape index (κ2) is 8.58. The molecule has 1 atom stereocenters. The van der Waals surface area contributed by atoms with E-state index in [2.05, 4.69) is 15.3 Å². The molecule has 1 aromatic heterocycles. The fourth-order valence-corrected chi connectivity index (χ4v) is 4.84. The molecule has 1 aromatic carbocycles. The maximum Gasteiger partial charge on any atom is 0.320 e. The number of hydrogen-bond donors (Lipinski definition) is 2. The Balaban J connectivity index is 1.58. The first-order valence-corrected chi connectivity index (χ1v) is 11.7. The van der Waals surface area contributed by atoms with Gasteiger partial charge in [0, 0.05) is 18.7 Å². The Bertz CT molecular complexity index is 1110. The molecular formula is C19H23ClN6O4S. The van der Waals surface area contributed by atoms with E-state index in [0.29, 0.717) is 56.5 Å². The number of fused-ring (bicyclic) bond motifs is 1. The van der Waals surface area contributed by atoms with Gasteiger partial charge in [-0.2, -0.15) is 0 Å². The highest BCUT2D eigenvalue weighted by Crippen LogP contribution is 2.32. The Morgan fingerprint density at radius 2 is 1.90 bits per heavy atom. The molecule has 31 heavy (non-hydrogen) atoms. The summed E-state index contributed by atoms with van der Waals surface area (Å²) in [5.41, 5.74) is 1.93. The van der Waals surface area contributed by atoms with Gasteiger partial charge in [-0.15, -0.1) is 0 Å². The molecule has 0 saturated carbocycles. The number of benzene rings is 1. The third-order valence-corrected chi connectivity index (χ3v) is 6.51. The van der Waals surface area contributed by atoms with E-state index in [1.807, 2.05) is 0 Å². The van der Waals surface area contributed by atoms with Crippen molar-refractivity contribution in [3.05, 3.63) is 46.4 Å². The molecule has 0 bridgehead atoms. The van der Waals surface area contributed by atoms with E-state index in [1.165, 1.54) is 6.07 Å². The van der Waals surface area contributed by atoms with Crippen LogP contribution in [0.25, 0.3) is 0 Å². The Morgan fingerprint density at radius 1 is 1.19 bits per heavy atom. The van der Waals surface area contributed by atoms with Crippen molar-refractivity contribution in [2.75, 3.05) is 31.6 Å². The highest BCUT2D eigenvalue weighted by atomic mass is 35.5. The average Bonchev–Trinajstić information content (AvgIpc) is 3.17. The van der Waals surface area contributed by atoms with E-state index in [0.717, 1.165) is 5.56 Å². The number of carbonyl (C=O) groups excluding carboxylic acids is 1. The monoisotopic (exact) mass is 466 g/mol. The predicted octanol–water partition coefficient (Wildman–Crippen LogP) is 1.72. The van der Waals surface area contributed by atoms with Crippen LogP contribution < -0.4 is 10.5 Å². The van der Waals surface area contributed by atoms with E-state index < -0.39 is 16.1 Å². The molecule has 0 aliphatic carbocycles. The molecule has 0 radical (unpaired) electrons. The van der Waals surface area contributed by atoms with Crippen molar-refractivity contribution in [1.82, 2.24) is 19.8 Å². The first-order valence-electron chi connectivity index (χ1n) is 9.79. The number of urea groups is 1. The third-order valence-electron chi connectivity index (χ3n) is 5.35. The molecule has 2 amide bonds. The van der Waals surface area contributed by atoms with E-state index in [4.69, 9.17) is 21.5 Å². The fraction of sp³-hybridized carbons (Fsp3) is 0.421. The number of nitrogens with zero attached hydrogens (tertiary/aromatic N) is 4. The Morgan fingerprint density at radius 3 is 2.61 bits per heavy atom. The minimum absolute atomic E-state index is 0.0379. The number of amides is 2. The van der Waals surface area contributed by atoms with Gasteiger partial charge in [-0.05, 0) is 30.2 Å². The number of halogens is 1. The number of sulfonamides is 1. The van der Waals surface area contributed by atoms with Crippen LogP contribution in [0, 0.1) is 0 Å². The molecule has 4 rings (SSSR count). The van der Waals surface area contributed by atoms with Gasteiger partial charge < -0.3 is 19.9 Å². The van der Waals surface area contributed by atoms with Crippen LogP contribution >= 0.6 is 11.6 Å².